The average molecular weight is 267 g/mol. The molecule has 19 heavy (non-hydrogen) atoms. The molecule has 0 aromatic heterocycles. The predicted molar refractivity (Wildman–Crippen MR) is 80.0 cm³/mol. The number of hydrogen-bond acceptors (Lipinski definition) is 2. The van der Waals surface area contributed by atoms with Gasteiger partial charge in [-0.3, -0.25) is 0 Å². The molecule has 0 unspecified atom stereocenters. The lowest BCUT2D eigenvalue weighted by atomic mass is 9.89. The van der Waals surface area contributed by atoms with E-state index in [4.69, 9.17) is 5.73 Å². The molecule has 0 aromatic carbocycles. The normalized spacial score (nSPS) is 25.2. The van der Waals surface area contributed by atoms with E-state index in [0.717, 1.165) is 11.6 Å². The Morgan fingerprint density at radius 1 is 1.21 bits per heavy atom. The van der Waals surface area contributed by atoms with Gasteiger partial charge in [-0.15, -0.1) is 0 Å². The smallest absolute Gasteiger partial charge is 0.332 e. The summed E-state index contributed by atoms with van der Waals surface area (Å²) < 4.78 is 0. The molecule has 4 nitrogen and oxygen atoms in total. The number of carbonyl (C=O) groups is 1. The van der Waals surface area contributed by atoms with Crippen LogP contribution in [-0.2, 0) is 0 Å². The number of nitrogens with zero attached hydrogens (tertiary/aromatic N) is 1. The number of carbonyl (C=O) groups excluding carboxylic acids is 1. The van der Waals surface area contributed by atoms with Gasteiger partial charge in [0.2, 0.25) is 0 Å². The Labute approximate surface area is 117 Å². The van der Waals surface area contributed by atoms with E-state index in [1.165, 1.54) is 38.5 Å². The van der Waals surface area contributed by atoms with Crippen molar-refractivity contribution in [3.8, 4) is 0 Å². The number of urea groups is 1. The second kappa shape index (κ2) is 6.92. The van der Waals surface area contributed by atoms with Gasteiger partial charge in [-0.05, 0) is 37.5 Å². The van der Waals surface area contributed by atoms with Crippen molar-refractivity contribution in [1.82, 2.24) is 5.43 Å². The van der Waals surface area contributed by atoms with Gasteiger partial charge in [0.1, 0.15) is 0 Å². The third-order valence-electron chi connectivity index (χ3n) is 4.47. The zero-order chi connectivity index (χ0) is 14.5. The summed E-state index contributed by atoms with van der Waals surface area (Å²) in [5.41, 5.74) is 8.92. The molecule has 1 aliphatic rings. The maximum atomic E-state index is 10.8. The molecule has 0 saturated heterocycles. The number of hydrogen-bond donors (Lipinski definition) is 2. The molecule has 0 aliphatic heterocycles. The van der Waals surface area contributed by atoms with Crippen molar-refractivity contribution in [2.45, 2.75) is 66.2 Å². The lowest BCUT2D eigenvalue weighted by molar-refractivity contribution is 0.249. The van der Waals surface area contributed by atoms with E-state index >= 15 is 0 Å². The molecule has 1 saturated carbocycles. The van der Waals surface area contributed by atoms with E-state index in [9.17, 15) is 4.79 Å². The monoisotopic (exact) mass is 267 g/mol. The first-order valence-electron chi connectivity index (χ1n) is 7.63. The highest BCUT2D eigenvalue weighted by atomic mass is 16.2. The summed E-state index contributed by atoms with van der Waals surface area (Å²) >= 11 is 0. The third kappa shape index (κ3) is 3.48. The summed E-state index contributed by atoms with van der Waals surface area (Å²) in [5, 5.41) is 4.17. The molecule has 0 bridgehead atoms. The van der Waals surface area contributed by atoms with Crippen LogP contribution in [0.15, 0.2) is 5.10 Å². The highest BCUT2D eigenvalue weighted by Crippen LogP contribution is 2.66. The van der Waals surface area contributed by atoms with E-state index < -0.39 is 6.03 Å². The van der Waals surface area contributed by atoms with Crippen LogP contribution in [-0.4, -0.2) is 11.7 Å². The molecule has 110 valence electrons. The van der Waals surface area contributed by atoms with E-state index in [1.54, 1.807) is 0 Å². The molecular formula is C15H29N3O. The van der Waals surface area contributed by atoms with Crippen LogP contribution in [0.2, 0.25) is 0 Å². The Balaban J connectivity index is 2.83. The summed E-state index contributed by atoms with van der Waals surface area (Å²) in [6, 6.07) is -0.580. The molecule has 0 heterocycles. The van der Waals surface area contributed by atoms with Crippen LogP contribution in [0, 0.1) is 17.3 Å². The van der Waals surface area contributed by atoms with Crippen molar-refractivity contribution in [3.05, 3.63) is 0 Å². The Bertz CT molecular complexity index is 332. The lowest BCUT2D eigenvalue weighted by Crippen LogP contribution is -2.26. The molecule has 4 heteroatoms. The van der Waals surface area contributed by atoms with Gasteiger partial charge >= 0.3 is 6.03 Å². The zero-order valence-corrected chi connectivity index (χ0v) is 12.8. The molecule has 0 aromatic rings. The van der Waals surface area contributed by atoms with Crippen LogP contribution in [0.3, 0.4) is 0 Å². The van der Waals surface area contributed by atoms with Crippen LogP contribution < -0.4 is 11.2 Å². The minimum atomic E-state index is -0.580. The first kappa shape index (κ1) is 16.0. The molecule has 0 radical (unpaired) electrons. The summed E-state index contributed by atoms with van der Waals surface area (Å²) in [7, 11) is 0. The highest BCUT2D eigenvalue weighted by Gasteiger charge is 2.62. The fourth-order valence-electron chi connectivity index (χ4n) is 4.00. The molecule has 0 spiro atoms. The maximum Gasteiger partial charge on any atom is 0.332 e. The quantitative estimate of drug-likeness (QED) is 0.511. The molecule has 1 rings (SSSR count). The van der Waals surface area contributed by atoms with Crippen molar-refractivity contribution in [2.24, 2.45) is 28.1 Å². The molecule has 2 atom stereocenters. The number of nitrogens with two attached hydrogens (primary N) is 1. The van der Waals surface area contributed by atoms with Crippen molar-refractivity contribution >= 4 is 11.7 Å². The summed E-state index contributed by atoms with van der Waals surface area (Å²) in [6.07, 6.45) is 7.43. The number of primary amides is 1. The van der Waals surface area contributed by atoms with Gasteiger partial charge in [0.05, 0.1) is 0 Å². The topological polar surface area (TPSA) is 67.5 Å². The Morgan fingerprint density at radius 3 is 2.21 bits per heavy atom. The first-order valence-corrected chi connectivity index (χ1v) is 7.63. The van der Waals surface area contributed by atoms with Crippen LogP contribution in [0.1, 0.15) is 66.2 Å². The molecular weight excluding hydrogens is 238 g/mol. The van der Waals surface area contributed by atoms with Crippen LogP contribution in [0.5, 0.6) is 0 Å². The van der Waals surface area contributed by atoms with E-state index in [-0.39, 0.29) is 0 Å². The van der Waals surface area contributed by atoms with Crippen molar-refractivity contribution in [2.75, 3.05) is 0 Å². The number of nitrogens with one attached hydrogen (secondary N) is 1. The first-order chi connectivity index (χ1) is 9.03. The van der Waals surface area contributed by atoms with Crippen LogP contribution in [0.25, 0.3) is 0 Å². The third-order valence-corrected chi connectivity index (χ3v) is 4.47. The number of amides is 2. The van der Waals surface area contributed by atoms with E-state index in [0.29, 0.717) is 11.3 Å². The Morgan fingerprint density at radius 2 is 1.79 bits per heavy atom. The fraction of sp³-hybridized carbons (Fsp3) is 0.867. The Kier molecular flexibility index (Phi) is 5.83. The van der Waals surface area contributed by atoms with Gasteiger partial charge < -0.3 is 5.73 Å². The molecule has 3 N–H and O–H groups in total. The predicted octanol–water partition coefficient (Wildman–Crippen LogP) is 3.66. The van der Waals surface area contributed by atoms with Gasteiger partial charge in [0, 0.05) is 11.6 Å². The number of rotatable bonds is 8. The van der Waals surface area contributed by atoms with Crippen molar-refractivity contribution in [3.63, 3.8) is 0 Å². The van der Waals surface area contributed by atoms with Crippen LogP contribution in [0.4, 0.5) is 4.79 Å². The van der Waals surface area contributed by atoms with Gasteiger partial charge in [0.15, 0.2) is 0 Å². The molecule has 2 amide bonds. The van der Waals surface area contributed by atoms with Gasteiger partial charge in [-0.25, -0.2) is 10.2 Å². The molecule has 1 fully saturated rings. The van der Waals surface area contributed by atoms with E-state index in [1.807, 2.05) is 6.92 Å². The SMILES string of the molecule is CCC[C@@H]1[C@@H](/C(C)=N\NC(N)=O)C1(CCC)CCC. The summed E-state index contributed by atoms with van der Waals surface area (Å²) in [4.78, 5) is 10.8. The number of hydrazone groups is 1. The average Bonchev–Trinajstić information content (AvgIpc) is 2.95. The zero-order valence-electron chi connectivity index (χ0n) is 12.8. The minimum Gasteiger partial charge on any atom is -0.350 e. The van der Waals surface area contributed by atoms with E-state index in [2.05, 4.69) is 31.3 Å². The van der Waals surface area contributed by atoms with Gasteiger partial charge in [-0.1, -0.05) is 40.0 Å². The van der Waals surface area contributed by atoms with Crippen molar-refractivity contribution < 1.29 is 4.79 Å². The lowest BCUT2D eigenvalue weighted by Gasteiger charge is -2.16. The minimum absolute atomic E-state index is 0.423. The largest absolute Gasteiger partial charge is 0.350 e. The Hall–Kier alpha value is -1.06. The van der Waals surface area contributed by atoms with Crippen molar-refractivity contribution in [1.29, 1.82) is 0 Å². The standard InChI is InChI=1S/C15H29N3O/c1-5-8-12-13(11(4)17-18-14(16)19)15(12,9-6-2)10-7-3/h12-13H,5-10H2,1-4H3,(H3,16,18,19)/b17-11-/t12-,13-/m1/s1. The second-order valence-corrected chi connectivity index (χ2v) is 5.84. The highest BCUT2D eigenvalue weighted by molar-refractivity contribution is 5.89. The maximum absolute atomic E-state index is 10.8. The molecule has 1 aliphatic carbocycles. The van der Waals surface area contributed by atoms with Crippen LogP contribution >= 0.6 is 0 Å². The van der Waals surface area contributed by atoms with Gasteiger partial charge in [-0.2, -0.15) is 5.10 Å². The summed E-state index contributed by atoms with van der Waals surface area (Å²) in [5.74, 6) is 1.26. The second-order valence-electron chi connectivity index (χ2n) is 5.84. The van der Waals surface area contributed by atoms with Gasteiger partial charge in [0.25, 0.3) is 0 Å². The fourth-order valence-corrected chi connectivity index (χ4v) is 4.00. The summed E-state index contributed by atoms with van der Waals surface area (Å²) in [6.45, 7) is 8.77.